The highest BCUT2D eigenvalue weighted by Crippen LogP contribution is 2.35. The second kappa shape index (κ2) is 2.73. The molecule has 70 valence electrons. The molecule has 1 fully saturated rings. The summed E-state index contributed by atoms with van der Waals surface area (Å²) in [4.78, 5) is 10.6. The molecule has 0 aromatic rings. The van der Waals surface area contributed by atoms with Crippen LogP contribution in [-0.2, 0) is 4.79 Å². The number of aliphatic hydroxyl groups is 1. The van der Waals surface area contributed by atoms with Crippen molar-refractivity contribution in [2.75, 3.05) is 0 Å². The van der Waals surface area contributed by atoms with Gasteiger partial charge in [0, 0.05) is 0 Å². The van der Waals surface area contributed by atoms with Crippen LogP contribution in [0.1, 0.15) is 25.7 Å². The fraction of sp³-hybridized carbons (Fsp3) is 0.857. The van der Waals surface area contributed by atoms with E-state index in [1.54, 1.807) is 0 Å². The average molecular weight is 182 g/mol. The number of carbonyl (C=O) groups is 1. The summed E-state index contributed by atoms with van der Waals surface area (Å²) in [5.41, 5.74) is -2.13. The Balaban J connectivity index is 2.75. The molecule has 0 radical (unpaired) electrons. The maximum Gasteiger partial charge on any atom is 0.453 e. The summed E-state index contributed by atoms with van der Waals surface area (Å²) in [6.45, 7) is 0. The zero-order valence-electron chi connectivity index (χ0n) is 6.32. The van der Waals surface area contributed by atoms with Crippen LogP contribution in [0.15, 0.2) is 0 Å². The fourth-order valence-electron chi connectivity index (χ4n) is 1.45. The molecule has 1 saturated carbocycles. The van der Waals surface area contributed by atoms with Gasteiger partial charge in [0.25, 0.3) is 5.78 Å². The molecule has 0 unspecified atom stereocenters. The molecule has 0 aliphatic heterocycles. The third-order valence-electron chi connectivity index (χ3n) is 2.11. The summed E-state index contributed by atoms with van der Waals surface area (Å²) in [7, 11) is 0. The summed E-state index contributed by atoms with van der Waals surface area (Å²) in [5, 5.41) is 9.23. The SMILES string of the molecule is O=C(C(F)(F)F)C1(O)CCCC1. The number of ketones is 1. The Morgan fingerprint density at radius 3 is 2.00 bits per heavy atom. The van der Waals surface area contributed by atoms with Crippen LogP contribution >= 0.6 is 0 Å². The van der Waals surface area contributed by atoms with E-state index in [1.165, 1.54) is 0 Å². The van der Waals surface area contributed by atoms with E-state index < -0.39 is 17.6 Å². The molecule has 2 nitrogen and oxygen atoms in total. The Hall–Kier alpha value is -0.580. The first kappa shape index (κ1) is 9.51. The van der Waals surface area contributed by atoms with Crippen molar-refractivity contribution < 1.29 is 23.1 Å². The Bertz CT molecular complexity index is 191. The minimum Gasteiger partial charge on any atom is -0.382 e. The molecule has 0 saturated heterocycles. The third kappa shape index (κ3) is 1.60. The first-order chi connectivity index (χ1) is 5.36. The van der Waals surface area contributed by atoms with Gasteiger partial charge in [0.15, 0.2) is 0 Å². The molecule has 0 spiro atoms. The molecule has 12 heavy (non-hydrogen) atoms. The van der Waals surface area contributed by atoms with Gasteiger partial charge >= 0.3 is 6.18 Å². The van der Waals surface area contributed by atoms with E-state index in [-0.39, 0.29) is 12.8 Å². The summed E-state index contributed by atoms with van der Waals surface area (Å²) >= 11 is 0. The molecule has 0 atom stereocenters. The Kier molecular flexibility index (Phi) is 2.16. The smallest absolute Gasteiger partial charge is 0.382 e. The molecule has 5 heteroatoms. The van der Waals surface area contributed by atoms with E-state index in [0.717, 1.165) is 0 Å². The van der Waals surface area contributed by atoms with Gasteiger partial charge in [0.2, 0.25) is 0 Å². The molecule has 0 aromatic carbocycles. The fourth-order valence-corrected chi connectivity index (χ4v) is 1.45. The number of hydrogen-bond donors (Lipinski definition) is 1. The van der Waals surface area contributed by atoms with Crippen LogP contribution in [0.3, 0.4) is 0 Å². The summed E-state index contributed by atoms with van der Waals surface area (Å²) in [6.07, 6.45) is -4.06. The Labute approximate surface area is 67.4 Å². The van der Waals surface area contributed by atoms with Gasteiger partial charge in [-0.15, -0.1) is 0 Å². The standard InChI is InChI=1S/C7H9F3O2/c8-7(9,10)5(11)6(12)3-1-2-4-6/h12H,1-4H2. The van der Waals surface area contributed by atoms with Crippen molar-refractivity contribution in [3.8, 4) is 0 Å². The van der Waals surface area contributed by atoms with Crippen molar-refractivity contribution in [1.82, 2.24) is 0 Å². The minimum atomic E-state index is -4.90. The van der Waals surface area contributed by atoms with Crippen LogP contribution in [0.2, 0.25) is 0 Å². The zero-order valence-corrected chi connectivity index (χ0v) is 6.32. The maximum atomic E-state index is 11.8. The monoisotopic (exact) mass is 182 g/mol. The molecule has 0 aromatic heterocycles. The lowest BCUT2D eigenvalue weighted by Gasteiger charge is -2.21. The second-order valence-corrected chi connectivity index (χ2v) is 3.07. The molecule has 1 aliphatic carbocycles. The Morgan fingerprint density at radius 1 is 1.25 bits per heavy atom. The normalized spacial score (nSPS) is 22.7. The van der Waals surface area contributed by atoms with Gasteiger partial charge in [-0.25, -0.2) is 0 Å². The van der Waals surface area contributed by atoms with Gasteiger partial charge in [0.1, 0.15) is 5.60 Å². The Morgan fingerprint density at radius 2 is 1.67 bits per heavy atom. The molecule has 1 aliphatic rings. The highest BCUT2D eigenvalue weighted by molar-refractivity contribution is 5.92. The first-order valence-electron chi connectivity index (χ1n) is 3.70. The van der Waals surface area contributed by atoms with Gasteiger partial charge in [-0.2, -0.15) is 13.2 Å². The number of alkyl halides is 3. The van der Waals surface area contributed by atoms with Crippen LogP contribution in [-0.4, -0.2) is 22.7 Å². The topological polar surface area (TPSA) is 37.3 Å². The van der Waals surface area contributed by atoms with E-state index in [0.29, 0.717) is 12.8 Å². The van der Waals surface area contributed by atoms with Crippen molar-refractivity contribution in [2.24, 2.45) is 0 Å². The molecular formula is C7H9F3O2. The van der Waals surface area contributed by atoms with Crippen LogP contribution in [0.5, 0.6) is 0 Å². The number of Topliss-reactive ketones (excluding diaryl/α,β-unsaturated/α-hetero) is 1. The largest absolute Gasteiger partial charge is 0.453 e. The molecule has 0 heterocycles. The van der Waals surface area contributed by atoms with Crippen LogP contribution in [0, 0.1) is 0 Å². The first-order valence-corrected chi connectivity index (χ1v) is 3.70. The second-order valence-electron chi connectivity index (χ2n) is 3.07. The summed E-state index contributed by atoms with van der Waals surface area (Å²) in [5.74, 6) is -1.99. The van der Waals surface area contributed by atoms with E-state index >= 15 is 0 Å². The predicted molar refractivity (Wildman–Crippen MR) is 34.5 cm³/mol. The van der Waals surface area contributed by atoms with Crippen molar-refractivity contribution in [3.05, 3.63) is 0 Å². The van der Waals surface area contributed by atoms with Gasteiger partial charge in [-0.3, -0.25) is 4.79 Å². The zero-order chi connectivity index (χ0) is 9.41. The molecular weight excluding hydrogens is 173 g/mol. The quantitative estimate of drug-likeness (QED) is 0.665. The number of hydrogen-bond acceptors (Lipinski definition) is 2. The predicted octanol–water partition coefficient (Wildman–Crippen LogP) is 1.42. The lowest BCUT2D eigenvalue weighted by atomic mass is 9.96. The summed E-state index contributed by atoms with van der Waals surface area (Å²) < 4.78 is 35.5. The lowest BCUT2D eigenvalue weighted by Crippen LogP contribution is -2.44. The van der Waals surface area contributed by atoms with Crippen LogP contribution in [0.25, 0.3) is 0 Å². The highest BCUT2D eigenvalue weighted by atomic mass is 19.4. The van der Waals surface area contributed by atoms with Gasteiger partial charge < -0.3 is 5.11 Å². The minimum absolute atomic E-state index is 0.0641. The van der Waals surface area contributed by atoms with Crippen molar-refractivity contribution in [1.29, 1.82) is 0 Å². The van der Waals surface area contributed by atoms with Gasteiger partial charge in [-0.05, 0) is 25.7 Å². The molecule has 0 bridgehead atoms. The molecule has 1 N–H and O–H groups in total. The van der Waals surface area contributed by atoms with Crippen LogP contribution in [0.4, 0.5) is 13.2 Å². The maximum absolute atomic E-state index is 11.8. The number of carbonyl (C=O) groups excluding carboxylic acids is 1. The lowest BCUT2D eigenvalue weighted by molar-refractivity contribution is -0.189. The van der Waals surface area contributed by atoms with Crippen molar-refractivity contribution in [2.45, 2.75) is 37.5 Å². The van der Waals surface area contributed by atoms with Crippen LogP contribution < -0.4 is 0 Å². The molecule has 0 amide bonds. The van der Waals surface area contributed by atoms with Gasteiger partial charge in [-0.1, -0.05) is 0 Å². The van der Waals surface area contributed by atoms with Crippen molar-refractivity contribution >= 4 is 5.78 Å². The average Bonchev–Trinajstić information content (AvgIpc) is 2.34. The number of halogens is 3. The van der Waals surface area contributed by atoms with E-state index in [2.05, 4.69) is 0 Å². The highest BCUT2D eigenvalue weighted by Gasteiger charge is 2.52. The molecule has 1 rings (SSSR count). The van der Waals surface area contributed by atoms with Crippen molar-refractivity contribution in [3.63, 3.8) is 0 Å². The number of rotatable bonds is 1. The van der Waals surface area contributed by atoms with Gasteiger partial charge in [0.05, 0.1) is 0 Å². The third-order valence-corrected chi connectivity index (χ3v) is 2.11. The van der Waals surface area contributed by atoms with E-state index in [9.17, 15) is 23.1 Å². The van der Waals surface area contributed by atoms with E-state index in [1.807, 2.05) is 0 Å². The van der Waals surface area contributed by atoms with E-state index in [4.69, 9.17) is 0 Å². The summed E-state index contributed by atoms with van der Waals surface area (Å²) in [6, 6.07) is 0.